The molecule has 3 aliphatic rings. The summed E-state index contributed by atoms with van der Waals surface area (Å²) in [6.45, 7) is 0. The summed E-state index contributed by atoms with van der Waals surface area (Å²) in [5.41, 5.74) is 0. The van der Waals surface area contributed by atoms with Gasteiger partial charge in [-0.05, 0) is 165 Å². The van der Waals surface area contributed by atoms with E-state index in [0.29, 0.717) is 18.3 Å². The Morgan fingerprint density at radius 3 is 0.878 bits per heavy atom. The van der Waals surface area contributed by atoms with Crippen LogP contribution in [-0.2, 0) is 0 Å². The highest BCUT2D eigenvalue weighted by molar-refractivity contribution is 9.58. The lowest BCUT2D eigenvalue weighted by Crippen LogP contribution is -2.19. The van der Waals surface area contributed by atoms with Crippen molar-refractivity contribution in [2.24, 2.45) is 0 Å². The summed E-state index contributed by atoms with van der Waals surface area (Å²) in [5, 5.41) is 0. The molecule has 3 saturated carbocycles. The van der Waals surface area contributed by atoms with Crippen molar-refractivity contribution in [1.82, 2.24) is 0 Å². The van der Waals surface area contributed by atoms with Gasteiger partial charge in [0.05, 0.1) is 18.3 Å². The van der Waals surface area contributed by atoms with Crippen molar-refractivity contribution in [1.29, 1.82) is 0 Å². The van der Waals surface area contributed by atoms with Crippen LogP contribution in [0.3, 0.4) is 0 Å². The van der Waals surface area contributed by atoms with Gasteiger partial charge in [0.1, 0.15) is 17.2 Å². The molecule has 0 aliphatic heterocycles. The van der Waals surface area contributed by atoms with E-state index in [1.165, 1.54) is 111 Å². The molecule has 0 bridgehead atoms. The van der Waals surface area contributed by atoms with Crippen LogP contribution in [0.15, 0.2) is 87.5 Å². The van der Waals surface area contributed by atoms with Crippen molar-refractivity contribution in [3.8, 4) is 17.2 Å². The summed E-state index contributed by atoms with van der Waals surface area (Å²) in [5.74, 6) is 2.92. The molecule has 6 rings (SSSR count). The number of hydrogen-bond donors (Lipinski definition) is 0. The first-order valence-corrected chi connectivity index (χ1v) is 19.5. The van der Waals surface area contributed by atoms with Gasteiger partial charge in [-0.25, -0.2) is 0 Å². The van der Waals surface area contributed by atoms with Gasteiger partial charge in [-0.15, -0.1) is 8.46 Å². The third-order valence-electron chi connectivity index (χ3n) is 9.01. The van der Waals surface area contributed by atoms with Crippen molar-refractivity contribution < 1.29 is 14.2 Å². The van der Waals surface area contributed by atoms with Crippen LogP contribution in [0.25, 0.3) is 0 Å². The molecule has 0 saturated heterocycles. The molecule has 41 heavy (non-hydrogen) atoms. The Labute approximate surface area is 255 Å². The average Bonchev–Trinajstić information content (AvgIpc) is 3.03. The highest BCUT2D eigenvalue weighted by Gasteiger charge is 2.29. The molecule has 3 fully saturated rings. The van der Waals surface area contributed by atoms with E-state index in [-0.39, 0.29) is 0 Å². The van der Waals surface area contributed by atoms with Crippen molar-refractivity contribution in [2.45, 2.75) is 129 Å². The van der Waals surface area contributed by atoms with E-state index in [1.54, 1.807) is 0 Å². The molecule has 0 amide bonds. The smallest absolute Gasteiger partial charge is 0.119 e. The monoisotopic (exact) mass is 636 g/mol. The van der Waals surface area contributed by atoms with Gasteiger partial charge in [0.15, 0.2) is 0 Å². The van der Waals surface area contributed by atoms with Gasteiger partial charge < -0.3 is 14.2 Å². The topological polar surface area (TPSA) is 27.7 Å². The second-order valence-electron chi connectivity index (χ2n) is 12.1. The average molecular weight is 638 g/mol. The van der Waals surface area contributed by atoms with Gasteiger partial charge in [-0.3, -0.25) is 0 Å². The number of benzene rings is 3. The first-order chi connectivity index (χ1) is 20.2. The predicted octanol–water partition coefficient (Wildman–Crippen LogP) is 11.4. The van der Waals surface area contributed by atoms with E-state index >= 15 is 0 Å². The molecule has 3 nitrogen and oxygen atoms in total. The van der Waals surface area contributed by atoms with Gasteiger partial charge in [-0.1, -0.05) is 19.3 Å². The molecule has 3 aromatic rings. The summed E-state index contributed by atoms with van der Waals surface area (Å²) in [6, 6.07) is 26.5. The third-order valence-corrected chi connectivity index (χ3v) is 15.1. The molecule has 0 spiro atoms. The van der Waals surface area contributed by atoms with Gasteiger partial charge in [-0.2, -0.15) is 0 Å². The third kappa shape index (κ3) is 7.28. The molecule has 0 atom stereocenters. The Morgan fingerprint density at radius 2 is 0.634 bits per heavy atom. The summed E-state index contributed by atoms with van der Waals surface area (Å²) in [7, 11) is -1.68. The normalized spacial score (nSPS) is 19.9. The number of hydrogen-bond acceptors (Lipinski definition) is 3. The minimum absolute atomic E-state index is 0.351. The standard InChI is InChI=1S/C36H45BrO3S/c37-41(34-22-16-31(17-23-34)38-28-10-4-1-5-11-28,35-24-18-32(19-25-35)39-29-12-6-2-7-13-29)36-26-20-33(21-27-36)40-30-14-8-3-9-15-30/h16-30H,1-15H2. The highest BCUT2D eigenvalue weighted by atomic mass is 79.9. The van der Waals surface area contributed by atoms with Crippen LogP contribution < -0.4 is 14.2 Å². The van der Waals surface area contributed by atoms with Crippen LogP contribution in [0.4, 0.5) is 0 Å². The fraction of sp³-hybridized carbons (Fsp3) is 0.500. The lowest BCUT2D eigenvalue weighted by molar-refractivity contribution is 0.155. The van der Waals surface area contributed by atoms with E-state index in [9.17, 15) is 0 Å². The first-order valence-electron chi connectivity index (χ1n) is 16.0. The Bertz CT molecular complexity index is 1060. The molecule has 0 unspecified atom stereocenters. The van der Waals surface area contributed by atoms with E-state index in [2.05, 4.69) is 87.6 Å². The molecular weight excluding hydrogens is 592 g/mol. The lowest BCUT2D eigenvalue weighted by atomic mass is 9.98. The molecule has 0 radical (unpaired) electrons. The molecule has 220 valence electrons. The van der Waals surface area contributed by atoms with E-state index in [0.717, 1.165) is 17.2 Å². The van der Waals surface area contributed by atoms with E-state index < -0.39 is 8.46 Å². The van der Waals surface area contributed by atoms with Gasteiger partial charge >= 0.3 is 0 Å². The summed E-state index contributed by atoms with van der Waals surface area (Å²) in [6.07, 6.45) is 19.7. The van der Waals surface area contributed by atoms with Crippen molar-refractivity contribution in [2.75, 3.05) is 0 Å². The van der Waals surface area contributed by atoms with Crippen LogP contribution in [0.2, 0.25) is 0 Å². The Hall–Kier alpha value is -2.11. The molecule has 3 aromatic carbocycles. The molecule has 0 heterocycles. The van der Waals surface area contributed by atoms with Crippen molar-refractivity contribution in [3.05, 3.63) is 72.8 Å². The number of ether oxygens (including phenoxy) is 3. The van der Waals surface area contributed by atoms with E-state index in [4.69, 9.17) is 14.2 Å². The predicted molar refractivity (Wildman–Crippen MR) is 173 cm³/mol. The summed E-state index contributed by atoms with van der Waals surface area (Å²) >= 11 is 4.34. The molecular formula is C36H45BrO3S. The maximum absolute atomic E-state index is 6.37. The Balaban J connectivity index is 1.26. The minimum atomic E-state index is -1.68. The zero-order valence-corrected chi connectivity index (χ0v) is 26.7. The second-order valence-corrected chi connectivity index (χ2v) is 17.5. The van der Waals surface area contributed by atoms with Crippen molar-refractivity contribution in [3.63, 3.8) is 0 Å². The Morgan fingerprint density at radius 1 is 0.390 bits per heavy atom. The highest BCUT2D eigenvalue weighted by Crippen LogP contribution is 2.74. The fourth-order valence-corrected chi connectivity index (χ4v) is 10.9. The van der Waals surface area contributed by atoms with E-state index in [1.807, 2.05) is 0 Å². The second kappa shape index (κ2) is 13.9. The molecule has 0 N–H and O–H groups in total. The number of halogens is 1. The Kier molecular flexibility index (Phi) is 9.83. The van der Waals surface area contributed by atoms with Gasteiger partial charge in [0.2, 0.25) is 0 Å². The zero-order chi connectivity index (χ0) is 27.9. The largest absolute Gasteiger partial charge is 0.490 e. The van der Waals surface area contributed by atoms with Crippen LogP contribution in [0.1, 0.15) is 96.3 Å². The molecule has 0 aromatic heterocycles. The number of rotatable bonds is 9. The fourth-order valence-electron chi connectivity index (χ4n) is 6.65. The van der Waals surface area contributed by atoms with Crippen LogP contribution >= 0.6 is 23.3 Å². The van der Waals surface area contributed by atoms with Crippen LogP contribution in [-0.4, -0.2) is 18.3 Å². The molecule has 3 aliphatic carbocycles. The van der Waals surface area contributed by atoms with Crippen LogP contribution in [0, 0.1) is 0 Å². The molecule has 5 heteroatoms. The maximum atomic E-state index is 6.37. The zero-order valence-electron chi connectivity index (χ0n) is 24.3. The lowest BCUT2D eigenvalue weighted by Gasteiger charge is -2.35. The van der Waals surface area contributed by atoms with Gasteiger partial charge in [0.25, 0.3) is 0 Å². The van der Waals surface area contributed by atoms with Crippen LogP contribution in [0.5, 0.6) is 17.2 Å². The minimum Gasteiger partial charge on any atom is -0.490 e. The summed E-state index contributed by atoms with van der Waals surface area (Å²) < 4.78 is 19.1. The summed E-state index contributed by atoms with van der Waals surface area (Å²) in [4.78, 5) is 3.78. The maximum Gasteiger partial charge on any atom is 0.119 e. The van der Waals surface area contributed by atoms with Crippen molar-refractivity contribution >= 4 is 23.3 Å². The SMILES string of the molecule is BrS(c1ccc(OC2CCCCC2)cc1)(c1ccc(OC2CCCCC2)cc1)c1ccc(OC2CCCCC2)cc1. The quantitative estimate of drug-likeness (QED) is 0.234. The van der Waals surface area contributed by atoms with Gasteiger partial charge in [0, 0.05) is 14.7 Å². The first kappa shape index (κ1) is 29.0.